The third kappa shape index (κ3) is 38.2. The Hall–Kier alpha value is -3.07. The number of amidine groups is 1. The zero-order valence-corrected chi connectivity index (χ0v) is 42.8. The molecular formula is C55H103N5O4. The first-order valence-corrected chi connectivity index (χ1v) is 26.8. The van der Waals surface area contributed by atoms with Gasteiger partial charge in [-0.3, -0.25) is 14.6 Å². The maximum Gasteiger partial charge on any atom is 0.309 e. The standard InChI is InChI=1S/C55H103N5O4/c1-8-14-17-20-25-32-40-50(11-4)63-52(61)43-35-28-23-30-37-46-60(48-39-45-59-55(56)54(58-13-6)49(7)57-12-5)47-38-31-24-29-36-44-53(62)64-51(41-33-26-21-18-15-9-2)42-34-27-22-19-16-10-3/h13,23,28,30,35,50-51,57-58H,6,8-12,14-22,24-27,29,31-34,36-48H2,1-5,7H3,(H2,56,59)/b30-23+,35-28+,54-49+. The number of allylic oxidation sites excluding steroid dienone is 3. The van der Waals surface area contributed by atoms with E-state index in [9.17, 15) is 9.59 Å². The molecule has 1 atom stereocenters. The molecule has 0 rings (SSSR count). The second-order valence-corrected chi connectivity index (χ2v) is 18.0. The van der Waals surface area contributed by atoms with Gasteiger partial charge in [0, 0.05) is 31.8 Å². The van der Waals surface area contributed by atoms with Crippen molar-refractivity contribution in [3.8, 4) is 0 Å². The van der Waals surface area contributed by atoms with E-state index in [-0.39, 0.29) is 24.1 Å². The van der Waals surface area contributed by atoms with Crippen molar-refractivity contribution in [2.75, 3.05) is 32.7 Å². The van der Waals surface area contributed by atoms with Crippen molar-refractivity contribution in [2.45, 2.75) is 253 Å². The third-order valence-electron chi connectivity index (χ3n) is 12.1. The summed E-state index contributed by atoms with van der Waals surface area (Å²) in [6.45, 7) is 21.1. The summed E-state index contributed by atoms with van der Waals surface area (Å²) in [7, 11) is 0. The van der Waals surface area contributed by atoms with Crippen molar-refractivity contribution in [1.29, 1.82) is 0 Å². The van der Waals surface area contributed by atoms with Crippen molar-refractivity contribution in [2.24, 2.45) is 10.7 Å². The number of nitrogens with zero attached hydrogens (tertiary/aromatic N) is 2. The molecule has 1 unspecified atom stereocenters. The van der Waals surface area contributed by atoms with Gasteiger partial charge in [-0.25, -0.2) is 0 Å². The lowest BCUT2D eigenvalue weighted by Crippen LogP contribution is -2.30. The van der Waals surface area contributed by atoms with E-state index in [0.717, 1.165) is 115 Å². The molecule has 0 aromatic carbocycles. The Labute approximate surface area is 395 Å². The monoisotopic (exact) mass is 898 g/mol. The Morgan fingerprint density at radius 1 is 0.625 bits per heavy atom. The number of aliphatic imine (C=N–C) groups is 1. The van der Waals surface area contributed by atoms with E-state index in [1.54, 1.807) is 6.20 Å². The lowest BCUT2D eigenvalue weighted by Gasteiger charge is -2.21. The fourth-order valence-electron chi connectivity index (χ4n) is 8.09. The normalized spacial score (nSPS) is 13.0. The number of hydrogen-bond donors (Lipinski definition) is 3. The van der Waals surface area contributed by atoms with Crippen LogP contribution >= 0.6 is 0 Å². The van der Waals surface area contributed by atoms with E-state index in [2.05, 4.69) is 62.8 Å². The topological polar surface area (TPSA) is 118 Å². The van der Waals surface area contributed by atoms with Gasteiger partial charge in [0.1, 0.15) is 18.0 Å². The van der Waals surface area contributed by atoms with Crippen LogP contribution in [0.1, 0.15) is 241 Å². The summed E-state index contributed by atoms with van der Waals surface area (Å²) in [4.78, 5) is 32.6. The smallest absolute Gasteiger partial charge is 0.309 e. The van der Waals surface area contributed by atoms with Crippen LogP contribution in [-0.2, 0) is 19.1 Å². The highest BCUT2D eigenvalue weighted by Gasteiger charge is 2.15. The zero-order valence-electron chi connectivity index (χ0n) is 42.8. The Balaban J connectivity index is 5.00. The molecule has 0 aromatic rings. The van der Waals surface area contributed by atoms with Gasteiger partial charge in [-0.15, -0.1) is 0 Å². The molecule has 9 nitrogen and oxygen atoms in total. The fraction of sp³-hybridized carbons (Fsp3) is 0.800. The molecule has 0 heterocycles. The highest BCUT2D eigenvalue weighted by molar-refractivity contribution is 5.97. The van der Waals surface area contributed by atoms with Crippen LogP contribution in [0.15, 0.2) is 53.5 Å². The first kappa shape index (κ1) is 60.9. The van der Waals surface area contributed by atoms with E-state index >= 15 is 0 Å². The second-order valence-electron chi connectivity index (χ2n) is 18.0. The number of rotatable bonds is 47. The van der Waals surface area contributed by atoms with Crippen molar-refractivity contribution < 1.29 is 19.1 Å². The zero-order chi connectivity index (χ0) is 47.1. The second kappa shape index (κ2) is 46.5. The van der Waals surface area contributed by atoms with Gasteiger partial charge >= 0.3 is 11.9 Å². The van der Waals surface area contributed by atoms with Crippen molar-refractivity contribution in [1.82, 2.24) is 15.5 Å². The minimum absolute atomic E-state index is 0.00266. The Morgan fingerprint density at radius 3 is 1.69 bits per heavy atom. The van der Waals surface area contributed by atoms with Gasteiger partial charge in [0.25, 0.3) is 0 Å². The van der Waals surface area contributed by atoms with Gasteiger partial charge in [-0.2, -0.15) is 0 Å². The number of unbranched alkanes of at least 4 members (excludes halogenated alkanes) is 19. The van der Waals surface area contributed by atoms with E-state index in [1.807, 2.05) is 25.2 Å². The van der Waals surface area contributed by atoms with Crippen LogP contribution in [-0.4, -0.2) is 67.6 Å². The highest BCUT2D eigenvalue weighted by Crippen LogP contribution is 2.19. The molecule has 0 radical (unpaired) electrons. The minimum Gasteiger partial charge on any atom is -0.462 e. The molecule has 0 amide bonds. The number of nitrogens with two attached hydrogens (primary N) is 1. The first-order valence-electron chi connectivity index (χ1n) is 26.8. The lowest BCUT2D eigenvalue weighted by atomic mass is 10.0. The van der Waals surface area contributed by atoms with Gasteiger partial charge < -0.3 is 30.7 Å². The van der Waals surface area contributed by atoms with Crippen molar-refractivity contribution in [3.63, 3.8) is 0 Å². The molecule has 0 fully saturated rings. The minimum atomic E-state index is -0.136. The molecule has 0 aliphatic rings. The Bertz CT molecular complexity index is 1210. The number of esters is 2. The molecule has 0 aromatic heterocycles. The molecule has 372 valence electrons. The van der Waals surface area contributed by atoms with Crippen molar-refractivity contribution in [3.05, 3.63) is 48.5 Å². The van der Waals surface area contributed by atoms with Crippen LogP contribution in [0, 0.1) is 0 Å². The molecule has 0 saturated heterocycles. The fourth-order valence-corrected chi connectivity index (χ4v) is 8.09. The van der Waals surface area contributed by atoms with E-state index < -0.39 is 0 Å². The maximum atomic E-state index is 12.9. The van der Waals surface area contributed by atoms with Gasteiger partial charge in [0.15, 0.2) is 0 Å². The number of ether oxygens (including phenoxy) is 2. The Morgan fingerprint density at radius 2 is 1.12 bits per heavy atom. The average molecular weight is 898 g/mol. The summed E-state index contributed by atoms with van der Waals surface area (Å²) in [6, 6.07) is 0. The van der Waals surface area contributed by atoms with Gasteiger partial charge in [-0.05, 0) is 104 Å². The maximum absolute atomic E-state index is 12.9. The van der Waals surface area contributed by atoms with Gasteiger partial charge in [-0.1, -0.05) is 174 Å². The molecule has 9 heteroatoms. The van der Waals surface area contributed by atoms with E-state index in [0.29, 0.717) is 25.2 Å². The Kier molecular flexibility index (Phi) is 44.2. The number of nitrogens with one attached hydrogen (secondary N) is 2. The molecule has 4 N–H and O–H groups in total. The number of carbonyl (C=O) groups is 2. The van der Waals surface area contributed by atoms with Crippen molar-refractivity contribution >= 4 is 17.8 Å². The van der Waals surface area contributed by atoms with E-state index in [1.165, 1.54) is 109 Å². The van der Waals surface area contributed by atoms with Crippen LogP contribution < -0.4 is 16.4 Å². The van der Waals surface area contributed by atoms with Crippen LogP contribution in [0.25, 0.3) is 0 Å². The molecule has 0 saturated carbocycles. The van der Waals surface area contributed by atoms with Crippen LogP contribution in [0.3, 0.4) is 0 Å². The average Bonchev–Trinajstić information content (AvgIpc) is 3.28. The summed E-state index contributed by atoms with van der Waals surface area (Å²) in [5, 5.41) is 6.45. The highest BCUT2D eigenvalue weighted by atomic mass is 16.5. The van der Waals surface area contributed by atoms with Crippen LogP contribution in [0.2, 0.25) is 0 Å². The van der Waals surface area contributed by atoms with Gasteiger partial charge in [0.05, 0.1) is 12.1 Å². The summed E-state index contributed by atoms with van der Waals surface area (Å²) in [5.41, 5.74) is 8.11. The molecule has 0 aliphatic carbocycles. The molecular weight excluding hydrogens is 795 g/mol. The predicted octanol–water partition coefficient (Wildman–Crippen LogP) is 14.3. The lowest BCUT2D eigenvalue weighted by molar-refractivity contribution is -0.150. The van der Waals surface area contributed by atoms with Gasteiger partial charge in [0.2, 0.25) is 0 Å². The molecule has 0 spiro atoms. The number of carbonyl (C=O) groups excluding carboxylic acids is 2. The molecule has 64 heavy (non-hydrogen) atoms. The van der Waals surface area contributed by atoms with Crippen LogP contribution in [0.4, 0.5) is 0 Å². The third-order valence-corrected chi connectivity index (χ3v) is 12.1. The summed E-state index contributed by atoms with van der Waals surface area (Å²) < 4.78 is 11.9. The summed E-state index contributed by atoms with van der Waals surface area (Å²) >= 11 is 0. The summed E-state index contributed by atoms with van der Waals surface area (Å²) in [5.74, 6) is 0.354. The SMILES string of the molecule is C=CN/C(C(N)=NCCCN(CC/C=C/C=C/CC(=O)OC(CC)CCCCCCCC)CCCCCCCC(=O)OC(CCCCCCCC)CCCCCCCC)=C(\C)NCC. The first-order chi connectivity index (χ1) is 31.3. The summed E-state index contributed by atoms with van der Waals surface area (Å²) in [6.07, 6.45) is 44.5. The molecule has 0 bridgehead atoms. The molecule has 0 aliphatic heterocycles. The number of hydrogen-bond acceptors (Lipinski definition) is 8. The van der Waals surface area contributed by atoms with Crippen LogP contribution in [0.5, 0.6) is 0 Å². The predicted molar refractivity (Wildman–Crippen MR) is 277 cm³/mol. The quantitative estimate of drug-likeness (QED) is 0.0182. The largest absolute Gasteiger partial charge is 0.462 e. The van der Waals surface area contributed by atoms with E-state index in [4.69, 9.17) is 20.2 Å².